The Bertz CT molecular complexity index is 408. The van der Waals surface area contributed by atoms with Crippen molar-refractivity contribution in [2.24, 2.45) is 0 Å². The highest BCUT2D eigenvalue weighted by molar-refractivity contribution is 5.22. The van der Waals surface area contributed by atoms with Gasteiger partial charge in [-0.05, 0) is 58.1 Å². The minimum absolute atomic E-state index is 0.781. The average molecular weight is 333 g/mol. The lowest BCUT2D eigenvalue weighted by atomic mass is 10.1. The van der Waals surface area contributed by atoms with Crippen LogP contribution in [0.25, 0.3) is 0 Å². The van der Waals surface area contributed by atoms with Gasteiger partial charge in [0.05, 0.1) is 6.61 Å². The minimum Gasteiger partial charge on any atom is -0.494 e. The first kappa shape index (κ1) is 24.7. The Morgan fingerprint density at radius 1 is 0.958 bits per heavy atom. The van der Waals surface area contributed by atoms with Crippen molar-refractivity contribution in [1.29, 1.82) is 0 Å². The number of rotatable bonds is 12. The second kappa shape index (κ2) is 19.5. The van der Waals surface area contributed by atoms with E-state index in [1.165, 1.54) is 5.57 Å². The van der Waals surface area contributed by atoms with Crippen LogP contribution in [0.5, 0.6) is 0 Å². The van der Waals surface area contributed by atoms with Crippen LogP contribution in [-0.4, -0.2) is 6.61 Å². The fraction of sp³-hybridized carbons (Fsp3) is 0.565. The molecule has 0 aromatic rings. The van der Waals surface area contributed by atoms with Crippen LogP contribution in [0.1, 0.15) is 80.1 Å². The van der Waals surface area contributed by atoms with Crippen LogP contribution < -0.4 is 0 Å². The van der Waals surface area contributed by atoms with Gasteiger partial charge in [0, 0.05) is 0 Å². The second-order valence-electron chi connectivity index (χ2n) is 5.43. The van der Waals surface area contributed by atoms with Crippen LogP contribution in [0.3, 0.4) is 0 Å². The average Bonchev–Trinajstić information content (AvgIpc) is 2.60. The predicted molar refractivity (Wildman–Crippen MR) is 111 cm³/mol. The summed E-state index contributed by atoms with van der Waals surface area (Å²) >= 11 is 0. The first-order valence-electron chi connectivity index (χ1n) is 9.64. The Morgan fingerprint density at radius 2 is 1.67 bits per heavy atom. The molecule has 1 nitrogen and oxygen atoms in total. The van der Waals surface area contributed by atoms with Gasteiger partial charge < -0.3 is 4.74 Å². The van der Waals surface area contributed by atoms with Gasteiger partial charge in [-0.1, -0.05) is 76.1 Å². The van der Waals surface area contributed by atoms with Gasteiger partial charge in [0.15, 0.2) is 0 Å². The summed E-state index contributed by atoms with van der Waals surface area (Å²) in [5.74, 6) is 0.972. The zero-order chi connectivity index (χ0) is 18.6. The van der Waals surface area contributed by atoms with Gasteiger partial charge >= 0.3 is 0 Å². The Hall–Kier alpha value is -1.50. The zero-order valence-electron chi connectivity index (χ0n) is 17.0. The largest absolute Gasteiger partial charge is 0.494 e. The molecule has 0 fully saturated rings. The van der Waals surface area contributed by atoms with Crippen LogP contribution in [0.4, 0.5) is 0 Å². The Kier molecular flexibility index (Phi) is 20.2. The molecule has 0 aromatic heterocycles. The molecular weight excluding hydrogens is 292 g/mol. The van der Waals surface area contributed by atoms with Gasteiger partial charge in [-0.25, -0.2) is 0 Å². The molecule has 0 amide bonds. The SMILES string of the molecule is C=C(/C=C\C(=C/CC)OCCCCC(/C=C\C)=C/C)CCC.CC. The summed E-state index contributed by atoms with van der Waals surface area (Å²) < 4.78 is 5.88. The fourth-order valence-electron chi connectivity index (χ4n) is 2.14. The molecular formula is C23H40O. The van der Waals surface area contributed by atoms with Crippen LogP contribution in [0.2, 0.25) is 0 Å². The monoisotopic (exact) mass is 332 g/mol. The van der Waals surface area contributed by atoms with Crippen molar-refractivity contribution in [3.63, 3.8) is 0 Å². The third-order valence-electron chi connectivity index (χ3n) is 3.34. The maximum atomic E-state index is 5.88. The molecule has 1 heteroatoms. The molecule has 0 heterocycles. The molecule has 0 rings (SSSR count). The fourth-order valence-corrected chi connectivity index (χ4v) is 2.14. The van der Waals surface area contributed by atoms with Crippen molar-refractivity contribution in [1.82, 2.24) is 0 Å². The van der Waals surface area contributed by atoms with E-state index in [0.717, 1.165) is 56.5 Å². The minimum atomic E-state index is 0.781. The molecule has 0 aliphatic heterocycles. The van der Waals surface area contributed by atoms with Crippen LogP contribution >= 0.6 is 0 Å². The maximum Gasteiger partial charge on any atom is 0.115 e. The highest BCUT2D eigenvalue weighted by Gasteiger charge is 1.96. The molecule has 0 atom stereocenters. The number of allylic oxidation sites excluding steroid dienone is 8. The normalized spacial score (nSPS) is 12.4. The smallest absolute Gasteiger partial charge is 0.115 e. The van der Waals surface area contributed by atoms with E-state index in [2.05, 4.69) is 70.7 Å². The van der Waals surface area contributed by atoms with E-state index >= 15 is 0 Å². The molecule has 0 spiro atoms. The van der Waals surface area contributed by atoms with Crippen LogP contribution in [-0.2, 0) is 4.74 Å². The highest BCUT2D eigenvalue weighted by Crippen LogP contribution is 2.12. The van der Waals surface area contributed by atoms with E-state index < -0.39 is 0 Å². The molecule has 0 aliphatic rings. The molecule has 0 N–H and O–H groups in total. The summed E-state index contributed by atoms with van der Waals surface area (Å²) in [7, 11) is 0. The lowest BCUT2D eigenvalue weighted by Gasteiger charge is -2.08. The third-order valence-corrected chi connectivity index (χ3v) is 3.34. The lowest BCUT2D eigenvalue weighted by Crippen LogP contribution is -1.94. The third kappa shape index (κ3) is 15.4. The van der Waals surface area contributed by atoms with E-state index in [9.17, 15) is 0 Å². The molecule has 0 unspecified atom stereocenters. The number of hydrogen-bond donors (Lipinski definition) is 0. The number of ether oxygens (including phenoxy) is 1. The molecule has 24 heavy (non-hydrogen) atoms. The van der Waals surface area contributed by atoms with Crippen LogP contribution in [0.15, 0.2) is 59.9 Å². The van der Waals surface area contributed by atoms with E-state index in [4.69, 9.17) is 4.74 Å². The van der Waals surface area contributed by atoms with E-state index in [-0.39, 0.29) is 0 Å². The Labute approximate surface area is 151 Å². The second-order valence-corrected chi connectivity index (χ2v) is 5.43. The van der Waals surface area contributed by atoms with Gasteiger partial charge in [-0.15, -0.1) is 0 Å². The summed E-state index contributed by atoms with van der Waals surface area (Å²) in [4.78, 5) is 0. The van der Waals surface area contributed by atoms with Crippen molar-refractivity contribution in [3.8, 4) is 0 Å². The van der Waals surface area contributed by atoms with E-state index in [0.29, 0.717) is 0 Å². The number of unbranched alkanes of at least 4 members (excludes halogenated alkanes) is 1. The summed E-state index contributed by atoms with van der Waals surface area (Å²) in [5, 5.41) is 0. The molecule has 0 saturated carbocycles. The summed E-state index contributed by atoms with van der Waals surface area (Å²) in [6.07, 6.45) is 19.3. The number of hydrogen-bond acceptors (Lipinski definition) is 1. The van der Waals surface area contributed by atoms with Gasteiger partial charge in [-0.3, -0.25) is 0 Å². The zero-order valence-corrected chi connectivity index (χ0v) is 17.0. The predicted octanol–water partition coefficient (Wildman–Crippen LogP) is 7.93. The van der Waals surface area contributed by atoms with Gasteiger partial charge in [0.2, 0.25) is 0 Å². The van der Waals surface area contributed by atoms with Crippen molar-refractivity contribution >= 4 is 0 Å². The Balaban J connectivity index is 0. The highest BCUT2D eigenvalue weighted by atomic mass is 16.5. The van der Waals surface area contributed by atoms with E-state index in [1.807, 2.05) is 13.8 Å². The van der Waals surface area contributed by atoms with Crippen molar-refractivity contribution in [3.05, 3.63) is 59.9 Å². The van der Waals surface area contributed by atoms with E-state index in [1.54, 1.807) is 0 Å². The Morgan fingerprint density at radius 3 is 2.21 bits per heavy atom. The molecule has 138 valence electrons. The summed E-state index contributed by atoms with van der Waals surface area (Å²) in [6.45, 7) is 17.3. The van der Waals surface area contributed by atoms with Gasteiger partial charge in [0.25, 0.3) is 0 Å². The van der Waals surface area contributed by atoms with Crippen molar-refractivity contribution in [2.45, 2.75) is 80.1 Å². The molecule has 0 saturated heterocycles. The molecule has 0 bridgehead atoms. The molecule has 0 aromatic carbocycles. The van der Waals surface area contributed by atoms with Gasteiger partial charge in [0.1, 0.15) is 5.76 Å². The topological polar surface area (TPSA) is 9.23 Å². The van der Waals surface area contributed by atoms with Crippen LogP contribution in [0, 0.1) is 0 Å². The first-order valence-corrected chi connectivity index (χ1v) is 9.64. The molecule has 0 aliphatic carbocycles. The summed E-state index contributed by atoms with van der Waals surface area (Å²) in [6, 6.07) is 0. The van der Waals surface area contributed by atoms with Crippen molar-refractivity contribution in [2.75, 3.05) is 6.61 Å². The first-order chi connectivity index (χ1) is 11.7. The molecule has 0 radical (unpaired) electrons. The quantitative estimate of drug-likeness (QED) is 0.200. The standard InChI is InChI=1S/C21H34O.C2H6/c1-6-12-19(5)16-17-21(14-8-3)22-18-11-10-15-20(9-4)13-7-2;1-2/h7,9,13-14,16-17H,5-6,8,10-12,15,18H2,1-4H3;1-2H3/b13-7-,17-16-,20-9+,21-14+;. The van der Waals surface area contributed by atoms with Gasteiger partial charge in [-0.2, -0.15) is 0 Å². The lowest BCUT2D eigenvalue weighted by molar-refractivity contribution is 0.217. The summed E-state index contributed by atoms with van der Waals surface area (Å²) in [5.41, 5.74) is 2.57. The maximum absolute atomic E-state index is 5.88. The van der Waals surface area contributed by atoms with Crippen molar-refractivity contribution < 1.29 is 4.74 Å².